The summed E-state index contributed by atoms with van der Waals surface area (Å²) in [6.45, 7) is 4.32. The summed E-state index contributed by atoms with van der Waals surface area (Å²) in [4.78, 5) is 27.2. The van der Waals surface area contributed by atoms with Gasteiger partial charge in [0.05, 0.1) is 0 Å². The molecule has 0 saturated heterocycles. The zero-order valence-corrected chi connectivity index (χ0v) is 20.3. The maximum Gasteiger partial charge on any atom is 0.254 e. The zero-order valence-electron chi connectivity index (χ0n) is 17.1. The van der Waals surface area contributed by atoms with Crippen LogP contribution in [0.2, 0.25) is 5.02 Å². The molecule has 2 aromatic carbocycles. The van der Waals surface area contributed by atoms with Crippen LogP contribution >= 0.6 is 38.9 Å². The Morgan fingerprint density at radius 1 is 1.13 bits per heavy atom. The summed E-state index contributed by atoms with van der Waals surface area (Å²) in [6, 6.07) is 14.5. The van der Waals surface area contributed by atoms with Crippen molar-refractivity contribution in [3.8, 4) is 10.6 Å². The molecule has 6 nitrogen and oxygen atoms in total. The highest BCUT2D eigenvalue weighted by molar-refractivity contribution is 9.10. The van der Waals surface area contributed by atoms with E-state index in [0.29, 0.717) is 27.3 Å². The molecule has 1 atom stereocenters. The average Bonchev–Trinajstić information content (AvgIpc) is 3.22. The SMILES string of the molecule is CCC(C)N(CCC(=O)Nc1nnc(-c2ccc(Cl)cc2)s1)C(=O)c1ccc(Br)cc1. The number of nitrogens with one attached hydrogen (secondary N) is 1. The number of amides is 2. The molecule has 0 aliphatic heterocycles. The largest absolute Gasteiger partial charge is 0.335 e. The van der Waals surface area contributed by atoms with E-state index >= 15 is 0 Å². The molecule has 0 radical (unpaired) electrons. The Bertz CT molecular complexity index is 1040. The van der Waals surface area contributed by atoms with Gasteiger partial charge in [0.15, 0.2) is 0 Å². The van der Waals surface area contributed by atoms with Crippen LogP contribution in [0.25, 0.3) is 10.6 Å². The van der Waals surface area contributed by atoms with Gasteiger partial charge in [0.1, 0.15) is 5.01 Å². The summed E-state index contributed by atoms with van der Waals surface area (Å²) in [5.74, 6) is -0.300. The summed E-state index contributed by atoms with van der Waals surface area (Å²) in [5, 5.41) is 12.7. The molecule has 1 aromatic heterocycles. The standard InChI is InChI=1S/C22H22BrClN4O2S/c1-3-14(2)28(21(30)16-4-8-17(23)9-5-16)13-12-19(29)25-22-27-26-20(31-22)15-6-10-18(24)11-7-15/h4-11,14H,3,12-13H2,1-2H3,(H,25,27,29). The number of rotatable bonds is 8. The number of hydrogen-bond donors (Lipinski definition) is 1. The van der Waals surface area contributed by atoms with Crippen molar-refractivity contribution in [3.63, 3.8) is 0 Å². The van der Waals surface area contributed by atoms with E-state index in [2.05, 4.69) is 31.4 Å². The lowest BCUT2D eigenvalue weighted by atomic mass is 10.1. The van der Waals surface area contributed by atoms with Gasteiger partial charge >= 0.3 is 0 Å². The predicted octanol–water partition coefficient (Wildman–Crippen LogP) is 5.89. The van der Waals surface area contributed by atoms with Gasteiger partial charge in [-0.3, -0.25) is 9.59 Å². The fourth-order valence-corrected chi connectivity index (χ4v) is 4.04. The van der Waals surface area contributed by atoms with Crippen LogP contribution in [-0.2, 0) is 4.79 Å². The lowest BCUT2D eigenvalue weighted by molar-refractivity contribution is -0.116. The van der Waals surface area contributed by atoms with Crippen LogP contribution in [0.5, 0.6) is 0 Å². The van der Waals surface area contributed by atoms with E-state index in [-0.39, 0.29) is 24.3 Å². The third kappa shape index (κ3) is 6.35. The Labute approximate surface area is 198 Å². The molecule has 1 unspecified atom stereocenters. The van der Waals surface area contributed by atoms with Crippen LogP contribution in [0.4, 0.5) is 5.13 Å². The molecule has 0 aliphatic rings. The minimum Gasteiger partial charge on any atom is -0.335 e. The van der Waals surface area contributed by atoms with Crippen molar-refractivity contribution in [3.05, 3.63) is 63.6 Å². The highest BCUT2D eigenvalue weighted by Crippen LogP contribution is 2.27. The van der Waals surface area contributed by atoms with Crippen molar-refractivity contribution in [1.82, 2.24) is 15.1 Å². The van der Waals surface area contributed by atoms with Crippen molar-refractivity contribution in [2.24, 2.45) is 0 Å². The molecule has 9 heteroatoms. The molecule has 0 fully saturated rings. The Kier molecular flexibility index (Phi) is 8.17. The van der Waals surface area contributed by atoms with Crippen LogP contribution in [0, 0.1) is 0 Å². The van der Waals surface area contributed by atoms with Crippen LogP contribution in [0.1, 0.15) is 37.0 Å². The number of benzene rings is 2. The summed E-state index contributed by atoms with van der Waals surface area (Å²) >= 11 is 10.6. The average molecular weight is 522 g/mol. The third-order valence-corrected chi connectivity index (χ3v) is 6.49. The summed E-state index contributed by atoms with van der Waals surface area (Å²) in [5.41, 5.74) is 1.48. The molecule has 162 valence electrons. The van der Waals surface area contributed by atoms with Crippen LogP contribution in [0.3, 0.4) is 0 Å². The van der Waals surface area contributed by atoms with Crippen molar-refractivity contribution >= 4 is 55.8 Å². The maximum absolute atomic E-state index is 13.0. The normalized spacial score (nSPS) is 11.7. The minimum absolute atomic E-state index is 0.0157. The van der Waals surface area contributed by atoms with Crippen LogP contribution in [-0.4, -0.2) is 39.5 Å². The number of carbonyl (C=O) groups is 2. The monoisotopic (exact) mass is 520 g/mol. The number of anilines is 1. The topological polar surface area (TPSA) is 75.2 Å². The molecule has 1 N–H and O–H groups in total. The van der Waals surface area contributed by atoms with Gasteiger partial charge in [-0.2, -0.15) is 0 Å². The highest BCUT2D eigenvalue weighted by atomic mass is 79.9. The van der Waals surface area contributed by atoms with Gasteiger partial charge < -0.3 is 10.2 Å². The molecule has 0 saturated carbocycles. The Balaban J connectivity index is 1.61. The first-order valence-corrected chi connectivity index (χ1v) is 11.8. The number of aromatic nitrogens is 2. The second kappa shape index (κ2) is 10.8. The molecular weight excluding hydrogens is 500 g/mol. The van der Waals surface area contributed by atoms with E-state index in [9.17, 15) is 9.59 Å². The Morgan fingerprint density at radius 3 is 2.45 bits per heavy atom. The summed E-state index contributed by atoms with van der Waals surface area (Å²) < 4.78 is 0.911. The van der Waals surface area contributed by atoms with Crippen molar-refractivity contribution in [2.75, 3.05) is 11.9 Å². The van der Waals surface area contributed by atoms with E-state index in [1.807, 2.05) is 38.1 Å². The molecule has 2 amide bonds. The van der Waals surface area contributed by atoms with E-state index in [4.69, 9.17) is 11.6 Å². The first-order chi connectivity index (χ1) is 14.9. The van der Waals surface area contributed by atoms with Crippen LogP contribution < -0.4 is 5.32 Å². The number of carbonyl (C=O) groups excluding carboxylic acids is 2. The molecule has 0 aliphatic carbocycles. The molecule has 1 heterocycles. The summed E-state index contributed by atoms with van der Waals surface area (Å²) in [7, 11) is 0. The predicted molar refractivity (Wildman–Crippen MR) is 129 cm³/mol. The van der Waals surface area contributed by atoms with Gasteiger partial charge in [-0.05, 0) is 49.7 Å². The van der Waals surface area contributed by atoms with E-state index < -0.39 is 0 Å². The second-order valence-corrected chi connectivity index (χ2v) is 9.31. The van der Waals surface area contributed by atoms with Gasteiger partial charge in [0, 0.05) is 39.6 Å². The van der Waals surface area contributed by atoms with Crippen molar-refractivity contribution in [2.45, 2.75) is 32.7 Å². The lowest BCUT2D eigenvalue weighted by Crippen LogP contribution is -2.40. The fourth-order valence-electron chi connectivity index (χ4n) is 2.89. The van der Waals surface area contributed by atoms with E-state index in [0.717, 1.165) is 16.5 Å². The fraction of sp³-hybridized carbons (Fsp3) is 0.273. The van der Waals surface area contributed by atoms with Gasteiger partial charge in [0.2, 0.25) is 11.0 Å². The van der Waals surface area contributed by atoms with E-state index in [1.165, 1.54) is 11.3 Å². The van der Waals surface area contributed by atoms with Gasteiger partial charge in [-0.1, -0.05) is 57.9 Å². The number of nitrogens with zero attached hydrogens (tertiary/aromatic N) is 3. The third-order valence-electron chi connectivity index (χ3n) is 4.82. The number of halogens is 2. The maximum atomic E-state index is 13.0. The van der Waals surface area contributed by atoms with Gasteiger partial charge in [-0.15, -0.1) is 10.2 Å². The minimum atomic E-state index is -0.212. The highest BCUT2D eigenvalue weighted by Gasteiger charge is 2.21. The van der Waals surface area contributed by atoms with Crippen molar-refractivity contribution < 1.29 is 9.59 Å². The number of hydrogen-bond acceptors (Lipinski definition) is 5. The molecule has 3 aromatic rings. The Morgan fingerprint density at radius 2 is 1.81 bits per heavy atom. The molecular formula is C22H22BrClN4O2S. The lowest BCUT2D eigenvalue weighted by Gasteiger charge is -2.28. The quantitative estimate of drug-likeness (QED) is 0.401. The smallest absolute Gasteiger partial charge is 0.254 e. The Hall–Kier alpha value is -2.29. The molecule has 3 rings (SSSR count). The van der Waals surface area contributed by atoms with Gasteiger partial charge in [-0.25, -0.2) is 0 Å². The first kappa shape index (κ1) is 23.4. The van der Waals surface area contributed by atoms with Crippen LogP contribution in [0.15, 0.2) is 53.0 Å². The summed E-state index contributed by atoms with van der Waals surface area (Å²) in [6.07, 6.45) is 0.965. The molecule has 31 heavy (non-hydrogen) atoms. The van der Waals surface area contributed by atoms with E-state index in [1.54, 1.807) is 29.2 Å². The van der Waals surface area contributed by atoms with Gasteiger partial charge in [0.25, 0.3) is 5.91 Å². The zero-order chi connectivity index (χ0) is 22.4. The molecule has 0 bridgehead atoms. The second-order valence-electron chi connectivity index (χ2n) is 6.98. The first-order valence-electron chi connectivity index (χ1n) is 9.83. The van der Waals surface area contributed by atoms with Crippen molar-refractivity contribution in [1.29, 1.82) is 0 Å². The molecule has 0 spiro atoms.